The third-order valence-electron chi connectivity index (χ3n) is 5.27. The molecule has 1 fully saturated rings. The van der Waals surface area contributed by atoms with E-state index in [0.29, 0.717) is 36.0 Å². The number of benzene rings is 2. The largest absolute Gasteiger partial charge is 0.497 e. The number of hydrogen-bond donors (Lipinski definition) is 1. The minimum Gasteiger partial charge on any atom is -0.497 e. The van der Waals surface area contributed by atoms with Gasteiger partial charge in [0.15, 0.2) is 0 Å². The summed E-state index contributed by atoms with van der Waals surface area (Å²) in [6.07, 6.45) is 0.812. The van der Waals surface area contributed by atoms with Crippen molar-refractivity contribution in [1.29, 1.82) is 0 Å². The number of nitrogens with one attached hydrogen (secondary N) is 1. The monoisotopic (exact) mass is 432 g/mol. The molecule has 1 N–H and O–H groups in total. The van der Waals surface area contributed by atoms with Crippen LogP contribution < -0.4 is 14.8 Å². The molecule has 2 aromatic carbocycles. The molecule has 0 spiro atoms. The summed E-state index contributed by atoms with van der Waals surface area (Å²) in [5.74, 6) is 1.39. The lowest BCUT2D eigenvalue weighted by Crippen LogP contribution is -2.48. The van der Waals surface area contributed by atoms with Crippen molar-refractivity contribution in [3.63, 3.8) is 0 Å². The molecule has 1 aliphatic rings. The van der Waals surface area contributed by atoms with E-state index in [1.54, 1.807) is 14.2 Å². The van der Waals surface area contributed by atoms with E-state index in [0.717, 1.165) is 24.2 Å². The van der Waals surface area contributed by atoms with E-state index in [2.05, 4.69) is 17.3 Å². The fourth-order valence-electron chi connectivity index (χ4n) is 3.59. The van der Waals surface area contributed by atoms with Crippen molar-refractivity contribution in [1.82, 2.24) is 10.2 Å². The van der Waals surface area contributed by atoms with Crippen molar-refractivity contribution in [2.45, 2.75) is 25.0 Å². The number of nitrogens with zero attached hydrogens (tertiary/aromatic N) is 1. The Kier molecular flexibility index (Phi) is 7.96. The molecule has 0 unspecified atom stereocenters. The molecule has 6 nitrogen and oxygen atoms in total. The fraction of sp³-hybridized carbons (Fsp3) is 0.435. The Bertz CT molecular complexity index is 821. The van der Waals surface area contributed by atoms with Gasteiger partial charge in [0.25, 0.3) is 0 Å². The van der Waals surface area contributed by atoms with Gasteiger partial charge in [-0.2, -0.15) is 0 Å². The van der Waals surface area contributed by atoms with Crippen LogP contribution in [0.1, 0.15) is 23.6 Å². The average molecular weight is 433 g/mol. The average Bonchev–Trinajstić information content (AvgIpc) is 2.76. The number of likely N-dealkylation sites (N-methyl/N-ethyl adjacent to an activating group) is 1. The fourth-order valence-corrected chi connectivity index (χ4v) is 3.71. The lowest BCUT2D eigenvalue weighted by molar-refractivity contribution is -0.124. The van der Waals surface area contributed by atoms with Gasteiger partial charge >= 0.3 is 0 Å². The summed E-state index contributed by atoms with van der Waals surface area (Å²) < 4.78 is 16.6. The number of amides is 1. The SMILES string of the molecule is COc1cc(CCC(=O)N[C@H](c2ccc(Cl)cc2)[C@H]2CN(C)CCO2)cc(OC)c1. The zero-order valence-corrected chi connectivity index (χ0v) is 18.4. The first-order valence-electron chi connectivity index (χ1n) is 10.1. The minimum atomic E-state index is -0.239. The Morgan fingerprint density at radius 1 is 1.20 bits per heavy atom. The standard InChI is InChI=1S/C23H29ClN2O4/c1-26-10-11-30-21(15-26)23(17-5-7-18(24)8-6-17)25-22(27)9-4-16-12-19(28-2)14-20(13-16)29-3/h5-8,12-14,21,23H,4,9-11,15H2,1-3H3,(H,25,27)/t21-,23-/m1/s1. The zero-order valence-electron chi connectivity index (χ0n) is 17.7. The number of halogens is 1. The maximum Gasteiger partial charge on any atom is 0.220 e. The van der Waals surface area contributed by atoms with Gasteiger partial charge in [0.1, 0.15) is 11.5 Å². The van der Waals surface area contributed by atoms with Crippen LogP contribution in [0.25, 0.3) is 0 Å². The van der Waals surface area contributed by atoms with Crippen molar-refractivity contribution in [3.05, 3.63) is 58.6 Å². The molecule has 0 bridgehead atoms. The van der Waals surface area contributed by atoms with Gasteiger partial charge in [0, 0.05) is 30.6 Å². The van der Waals surface area contributed by atoms with Gasteiger partial charge in [-0.15, -0.1) is 0 Å². The number of carbonyl (C=O) groups excluding carboxylic acids is 1. The molecule has 0 aromatic heterocycles. The summed E-state index contributed by atoms with van der Waals surface area (Å²) in [4.78, 5) is 15.0. The molecular formula is C23H29ClN2O4. The molecule has 2 atom stereocenters. The maximum atomic E-state index is 12.8. The molecule has 1 saturated heterocycles. The molecule has 0 radical (unpaired) electrons. The van der Waals surface area contributed by atoms with Gasteiger partial charge < -0.3 is 24.4 Å². The summed E-state index contributed by atoms with van der Waals surface area (Å²) in [7, 11) is 5.29. The second kappa shape index (κ2) is 10.7. The van der Waals surface area contributed by atoms with Crippen molar-refractivity contribution in [2.24, 2.45) is 0 Å². The van der Waals surface area contributed by atoms with Crippen molar-refractivity contribution >= 4 is 17.5 Å². The highest BCUT2D eigenvalue weighted by Gasteiger charge is 2.29. The molecule has 1 amide bonds. The minimum absolute atomic E-state index is 0.0337. The van der Waals surface area contributed by atoms with E-state index in [4.69, 9.17) is 25.8 Å². The molecule has 162 valence electrons. The molecule has 2 aromatic rings. The number of carbonyl (C=O) groups is 1. The summed E-state index contributed by atoms with van der Waals surface area (Å²) in [6.45, 7) is 2.28. The van der Waals surface area contributed by atoms with Crippen molar-refractivity contribution in [2.75, 3.05) is 41.0 Å². The molecule has 1 aliphatic heterocycles. The second-order valence-electron chi connectivity index (χ2n) is 7.49. The summed E-state index contributed by atoms with van der Waals surface area (Å²) in [5, 5.41) is 3.84. The van der Waals surface area contributed by atoms with Crippen molar-refractivity contribution in [3.8, 4) is 11.5 Å². The van der Waals surface area contributed by atoms with Gasteiger partial charge in [0.2, 0.25) is 5.91 Å². The second-order valence-corrected chi connectivity index (χ2v) is 7.93. The quantitative estimate of drug-likeness (QED) is 0.692. The number of aryl methyl sites for hydroxylation is 1. The van der Waals surface area contributed by atoms with E-state index in [-0.39, 0.29) is 18.1 Å². The van der Waals surface area contributed by atoms with Crippen LogP contribution in [-0.4, -0.2) is 57.9 Å². The molecule has 0 saturated carbocycles. The van der Waals surface area contributed by atoms with Gasteiger partial charge in [0.05, 0.1) is 33.0 Å². The zero-order chi connectivity index (χ0) is 21.5. The van der Waals surface area contributed by atoms with E-state index in [1.165, 1.54) is 0 Å². The lowest BCUT2D eigenvalue weighted by atomic mass is 9.99. The summed E-state index contributed by atoms with van der Waals surface area (Å²) >= 11 is 6.05. The van der Waals surface area contributed by atoms with Gasteiger partial charge in [-0.3, -0.25) is 4.79 Å². The first-order chi connectivity index (χ1) is 14.5. The Morgan fingerprint density at radius 3 is 2.47 bits per heavy atom. The van der Waals surface area contributed by atoms with Gasteiger partial charge in [-0.25, -0.2) is 0 Å². The molecule has 7 heteroatoms. The first-order valence-corrected chi connectivity index (χ1v) is 10.4. The number of ether oxygens (including phenoxy) is 3. The van der Waals surface area contributed by atoms with Crippen molar-refractivity contribution < 1.29 is 19.0 Å². The molecule has 30 heavy (non-hydrogen) atoms. The number of morpholine rings is 1. The summed E-state index contributed by atoms with van der Waals surface area (Å²) in [5.41, 5.74) is 1.97. The van der Waals surface area contributed by atoms with E-state index < -0.39 is 0 Å². The maximum absolute atomic E-state index is 12.8. The Morgan fingerprint density at radius 2 is 1.87 bits per heavy atom. The number of methoxy groups -OCH3 is 2. The highest BCUT2D eigenvalue weighted by atomic mass is 35.5. The van der Waals surface area contributed by atoms with Gasteiger partial charge in [-0.1, -0.05) is 23.7 Å². The Labute approximate surface area is 183 Å². The highest BCUT2D eigenvalue weighted by molar-refractivity contribution is 6.30. The van der Waals surface area contributed by atoms with E-state index >= 15 is 0 Å². The predicted octanol–water partition coefficient (Wildman–Crippen LogP) is 3.48. The molecule has 3 rings (SSSR count). The molecule has 0 aliphatic carbocycles. The lowest BCUT2D eigenvalue weighted by Gasteiger charge is -2.35. The van der Waals surface area contributed by atoms with Crippen LogP contribution in [0.15, 0.2) is 42.5 Å². The summed E-state index contributed by atoms with van der Waals surface area (Å²) in [6, 6.07) is 13.0. The van der Waals surface area contributed by atoms with Crippen LogP contribution in [0, 0.1) is 0 Å². The van der Waals surface area contributed by atoms with E-state index in [9.17, 15) is 4.79 Å². The Balaban J connectivity index is 1.69. The van der Waals surface area contributed by atoms with Crippen LogP contribution in [-0.2, 0) is 16.0 Å². The molecule has 1 heterocycles. The van der Waals surface area contributed by atoms with Crippen LogP contribution in [0.2, 0.25) is 5.02 Å². The number of rotatable bonds is 8. The van der Waals surface area contributed by atoms with Crippen LogP contribution in [0.3, 0.4) is 0 Å². The third-order valence-corrected chi connectivity index (χ3v) is 5.52. The highest BCUT2D eigenvalue weighted by Crippen LogP contribution is 2.25. The van der Waals surface area contributed by atoms with E-state index in [1.807, 2.05) is 42.5 Å². The van der Waals surface area contributed by atoms with Crippen LogP contribution >= 0.6 is 11.6 Å². The predicted molar refractivity (Wildman–Crippen MR) is 117 cm³/mol. The molecular weight excluding hydrogens is 404 g/mol. The number of hydrogen-bond acceptors (Lipinski definition) is 5. The Hall–Kier alpha value is -2.28. The van der Waals surface area contributed by atoms with Gasteiger partial charge in [-0.05, 0) is 48.9 Å². The van der Waals surface area contributed by atoms with Crippen LogP contribution in [0.5, 0.6) is 11.5 Å². The smallest absolute Gasteiger partial charge is 0.220 e. The van der Waals surface area contributed by atoms with Crippen LogP contribution in [0.4, 0.5) is 0 Å². The normalized spacial score (nSPS) is 17.9. The first kappa shape index (κ1) is 22.4. The topological polar surface area (TPSA) is 60.0 Å². The third kappa shape index (κ3) is 6.11.